The zero-order valence-corrected chi connectivity index (χ0v) is 23.1. The number of nitrogens with zero attached hydrogens (tertiary/aromatic N) is 2. The van der Waals surface area contributed by atoms with Crippen LogP contribution in [0.3, 0.4) is 0 Å². The van der Waals surface area contributed by atoms with Gasteiger partial charge in [0.05, 0.1) is 18.7 Å². The Hall–Kier alpha value is -4.50. The van der Waals surface area contributed by atoms with Crippen LogP contribution in [0.5, 0.6) is 11.5 Å². The average Bonchev–Trinajstić information content (AvgIpc) is 3.02. The van der Waals surface area contributed by atoms with E-state index in [1.54, 1.807) is 13.2 Å². The molecule has 8 nitrogen and oxygen atoms in total. The summed E-state index contributed by atoms with van der Waals surface area (Å²) in [5.41, 5.74) is 3.30. The summed E-state index contributed by atoms with van der Waals surface area (Å²) < 4.78 is 11.0. The summed E-state index contributed by atoms with van der Waals surface area (Å²) in [6.07, 6.45) is 1.46. The molecule has 0 fully saturated rings. The molecular formula is C33H35N3O5. The highest BCUT2D eigenvalue weighted by Crippen LogP contribution is 2.30. The van der Waals surface area contributed by atoms with Gasteiger partial charge in [-0.3, -0.25) is 20.3 Å². The Morgan fingerprint density at radius 1 is 0.951 bits per heavy atom. The van der Waals surface area contributed by atoms with E-state index in [1.165, 1.54) is 12.1 Å². The number of methoxy groups -OCH3 is 1. The van der Waals surface area contributed by atoms with Crippen molar-refractivity contribution < 1.29 is 19.5 Å². The van der Waals surface area contributed by atoms with Crippen molar-refractivity contribution in [1.29, 1.82) is 0 Å². The minimum absolute atomic E-state index is 0.0496. The van der Waals surface area contributed by atoms with Crippen molar-refractivity contribution in [2.45, 2.75) is 31.8 Å². The highest BCUT2D eigenvalue weighted by Gasteiger charge is 2.22. The summed E-state index contributed by atoms with van der Waals surface area (Å²) >= 11 is 0. The monoisotopic (exact) mass is 553 g/mol. The molecule has 0 aromatic heterocycles. The molecule has 0 saturated carbocycles. The fraction of sp³-hybridized carbons (Fsp3) is 0.212. The van der Waals surface area contributed by atoms with E-state index in [1.807, 2.05) is 78.9 Å². The van der Waals surface area contributed by atoms with Crippen molar-refractivity contribution >= 4 is 5.69 Å². The molecule has 0 heterocycles. The molecule has 0 aliphatic heterocycles. The van der Waals surface area contributed by atoms with E-state index < -0.39 is 11.2 Å². The molecule has 4 aromatic rings. The third-order valence-corrected chi connectivity index (χ3v) is 6.79. The predicted octanol–water partition coefficient (Wildman–Crippen LogP) is 6.02. The van der Waals surface area contributed by atoms with Gasteiger partial charge in [-0.05, 0) is 41.3 Å². The molecule has 0 aliphatic rings. The van der Waals surface area contributed by atoms with Gasteiger partial charge in [0.15, 0.2) is 5.75 Å². The first kappa shape index (κ1) is 29.5. The SMILES string of the molecule is C=CC(Cc1ccc(OC)cc1)N(CNC(O)c1ccc(OCc2ccccc2)c([N+](=O)[O-])c1)Cc1ccccc1. The number of rotatable bonds is 15. The normalized spacial score (nSPS) is 12.5. The standard InChI is InChI=1S/C33H35N3O5/c1-3-29(20-25-14-17-30(40-2)18-15-25)35(22-26-10-6-4-7-11-26)24-34-33(37)28-16-19-32(31(21-28)36(38)39)41-23-27-12-8-5-9-13-27/h3-19,21,29,33-34,37H,1,20,22-24H2,2H3. The Balaban J connectivity index is 1.47. The van der Waals surface area contributed by atoms with E-state index in [2.05, 4.69) is 28.9 Å². The molecule has 4 rings (SSSR count). The molecule has 2 unspecified atom stereocenters. The maximum atomic E-state index is 11.8. The third kappa shape index (κ3) is 8.49. The van der Waals surface area contributed by atoms with Crippen LogP contribution < -0.4 is 14.8 Å². The second kappa shape index (κ2) is 14.8. The smallest absolute Gasteiger partial charge is 0.311 e. The fourth-order valence-electron chi connectivity index (χ4n) is 4.50. The molecule has 2 N–H and O–H groups in total. The maximum absolute atomic E-state index is 11.8. The summed E-state index contributed by atoms with van der Waals surface area (Å²) in [4.78, 5) is 13.5. The van der Waals surface area contributed by atoms with Crippen molar-refractivity contribution in [2.24, 2.45) is 0 Å². The van der Waals surface area contributed by atoms with Gasteiger partial charge in [0, 0.05) is 24.2 Å². The lowest BCUT2D eigenvalue weighted by Gasteiger charge is -2.31. The Morgan fingerprint density at radius 3 is 2.22 bits per heavy atom. The highest BCUT2D eigenvalue weighted by molar-refractivity contribution is 5.49. The number of hydrogen-bond acceptors (Lipinski definition) is 7. The van der Waals surface area contributed by atoms with E-state index in [9.17, 15) is 15.2 Å². The zero-order chi connectivity index (χ0) is 29.0. The third-order valence-electron chi connectivity index (χ3n) is 6.79. The van der Waals surface area contributed by atoms with Gasteiger partial charge in [-0.25, -0.2) is 0 Å². The number of hydrogen-bond donors (Lipinski definition) is 2. The molecule has 8 heteroatoms. The number of nitro benzene ring substituents is 1. The lowest BCUT2D eigenvalue weighted by Crippen LogP contribution is -2.42. The Bertz CT molecular complexity index is 1400. The number of aliphatic hydroxyl groups excluding tert-OH is 1. The first-order valence-corrected chi connectivity index (χ1v) is 13.4. The lowest BCUT2D eigenvalue weighted by atomic mass is 10.0. The Morgan fingerprint density at radius 2 is 1.61 bits per heavy atom. The molecule has 0 spiro atoms. The van der Waals surface area contributed by atoms with E-state index in [0.29, 0.717) is 25.2 Å². The average molecular weight is 554 g/mol. The number of nitrogens with one attached hydrogen (secondary N) is 1. The molecule has 212 valence electrons. The summed E-state index contributed by atoms with van der Waals surface area (Å²) in [5.74, 6) is 0.937. The van der Waals surface area contributed by atoms with Gasteiger partial charge >= 0.3 is 5.69 Å². The lowest BCUT2D eigenvalue weighted by molar-refractivity contribution is -0.386. The second-order valence-corrected chi connectivity index (χ2v) is 9.61. The molecule has 2 atom stereocenters. The van der Waals surface area contributed by atoms with Crippen LogP contribution in [0.1, 0.15) is 28.5 Å². The van der Waals surface area contributed by atoms with Crippen LogP contribution in [-0.4, -0.2) is 34.8 Å². The largest absolute Gasteiger partial charge is 0.497 e. The predicted molar refractivity (Wildman–Crippen MR) is 160 cm³/mol. The van der Waals surface area contributed by atoms with Gasteiger partial charge in [0.2, 0.25) is 0 Å². The van der Waals surface area contributed by atoms with Gasteiger partial charge < -0.3 is 14.6 Å². The van der Waals surface area contributed by atoms with Crippen molar-refractivity contribution in [3.63, 3.8) is 0 Å². The summed E-state index contributed by atoms with van der Waals surface area (Å²) in [6.45, 7) is 5.19. The first-order chi connectivity index (χ1) is 20.0. The Labute approximate surface area is 240 Å². The molecule has 0 radical (unpaired) electrons. The quantitative estimate of drug-likeness (QED) is 0.0804. The minimum Gasteiger partial charge on any atom is -0.497 e. The summed E-state index contributed by atoms with van der Waals surface area (Å²) in [7, 11) is 1.64. The van der Waals surface area contributed by atoms with Crippen LogP contribution in [0.2, 0.25) is 0 Å². The van der Waals surface area contributed by atoms with E-state index in [4.69, 9.17) is 9.47 Å². The number of aliphatic hydroxyl groups is 1. The van der Waals surface area contributed by atoms with Crippen molar-refractivity contribution in [3.05, 3.63) is 148 Å². The van der Waals surface area contributed by atoms with Crippen LogP contribution >= 0.6 is 0 Å². The second-order valence-electron chi connectivity index (χ2n) is 9.61. The van der Waals surface area contributed by atoms with Gasteiger partial charge in [-0.1, -0.05) is 84.9 Å². The molecule has 4 aromatic carbocycles. The molecule has 0 saturated heterocycles. The topological polar surface area (TPSA) is 97.1 Å². The molecule has 41 heavy (non-hydrogen) atoms. The summed E-state index contributed by atoms with van der Waals surface area (Å²) in [5, 5.41) is 25.9. The van der Waals surface area contributed by atoms with Crippen LogP contribution in [0, 0.1) is 10.1 Å². The molecule has 0 amide bonds. The molecular weight excluding hydrogens is 518 g/mol. The van der Waals surface area contributed by atoms with E-state index in [0.717, 1.165) is 22.4 Å². The van der Waals surface area contributed by atoms with Crippen molar-refractivity contribution in [3.8, 4) is 11.5 Å². The highest BCUT2D eigenvalue weighted by atomic mass is 16.6. The first-order valence-electron chi connectivity index (χ1n) is 13.4. The maximum Gasteiger partial charge on any atom is 0.311 e. The fourth-order valence-corrected chi connectivity index (χ4v) is 4.50. The van der Waals surface area contributed by atoms with Crippen LogP contribution in [0.15, 0.2) is 116 Å². The number of ether oxygens (including phenoxy) is 2. The zero-order valence-electron chi connectivity index (χ0n) is 23.1. The number of nitro groups is 1. The minimum atomic E-state index is -1.14. The molecule has 0 aliphatic carbocycles. The van der Waals surface area contributed by atoms with Gasteiger partial charge in [0.1, 0.15) is 18.6 Å². The van der Waals surface area contributed by atoms with E-state index in [-0.39, 0.29) is 24.1 Å². The van der Waals surface area contributed by atoms with Gasteiger partial charge in [-0.15, -0.1) is 6.58 Å². The summed E-state index contributed by atoms with van der Waals surface area (Å²) in [6, 6.07) is 31.9. The van der Waals surface area contributed by atoms with Crippen LogP contribution in [0.25, 0.3) is 0 Å². The van der Waals surface area contributed by atoms with Crippen molar-refractivity contribution in [2.75, 3.05) is 13.8 Å². The van der Waals surface area contributed by atoms with Crippen molar-refractivity contribution in [1.82, 2.24) is 10.2 Å². The van der Waals surface area contributed by atoms with Gasteiger partial charge in [-0.2, -0.15) is 0 Å². The Kier molecular flexibility index (Phi) is 10.6. The van der Waals surface area contributed by atoms with E-state index >= 15 is 0 Å². The molecule has 0 bridgehead atoms. The number of benzene rings is 4. The van der Waals surface area contributed by atoms with Gasteiger partial charge in [0.25, 0.3) is 0 Å². The van der Waals surface area contributed by atoms with Crippen LogP contribution in [-0.2, 0) is 19.6 Å². The van der Waals surface area contributed by atoms with Crippen LogP contribution in [0.4, 0.5) is 5.69 Å².